The Hall–Kier alpha value is -2.48. The largest absolute Gasteiger partial charge is 0.330 e. The summed E-state index contributed by atoms with van der Waals surface area (Å²) in [4.78, 5) is 15.7. The van der Waals surface area contributed by atoms with E-state index in [4.69, 9.17) is 5.73 Å². The Morgan fingerprint density at radius 3 is 3.05 bits per heavy atom. The third-order valence-corrected chi connectivity index (χ3v) is 2.52. The van der Waals surface area contributed by atoms with E-state index in [2.05, 4.69) is 26.1 Å². The fraction of sp³-hybridized carbons (Fsp3) is 0.333. The minimum Gasteiger partial charge on any atom is -0.330 e. The molecule has 0 fully saturated rings. The first-order valence-corrected chi connectivity index (χ1v) is 6.33. The van der Waals surface area contributed by atoms with Gasteiger partial charge in [0, 0.05) is 12.4 Å². The number of amides is 1. The van der Waals surface area contributed by atoms with Crippen LogP contribution in [0.25, 0.3) is 0 Å². The number of pyridine rings is 1. The molecule has 0 aliphatic heterocycles. The van der Waals surface area contributed by atoms with E-state index in [0.29, 0.717) is 12.4 Å². The smallest absolute Gasteiger partial charge is 0.260 e. The van der Waals surface area contributed by atoms with Gasteiger partial charge >= 0.3 is 0 Å². The SMILES string of the molecule is NCCCc1cn(CC(=O)NNc2ccccn2)nn1. The molecule has 0 unspecified atom stereocenters. The van der Waals surface area contributed by atoms with Crippen LogP contribution in [0.4, 0.5) is 5.82 Å². The first-order valence-electron chi connectivity index (χ1n) is 6.33. The average molecular weight is 275 g/mol. The summed E-state index contributed by atoms with van der Waals surface area (Å²) in [6.07, 6.45) is 5.00. The zero-order valence-electron chi connectivity index (χ0n) is 11.0. The predicted octanol–water partition coefficient (Wildman–Crippen LogP) is -0.292. The monoisotopic (exact) mass is 275 g/mol. The van der Waals surface area contributed by atoms with Crippen LogP contribution in [0.15, 0.2) is 30.6 Å². The number of nitrogens with one attached hydrogen (secondary N) is 2. The van der Waals surface area contributed by atoms with Gasteiger partial charge in [-0.25, -0.2) is 9.67 Å². The van der Waals surface area contributed by atoms with Crippen molar-refractivity contribution in [3.8, 4) is 0 Å². The molecule has 8 heteroatoms. The van der Waals surface area contributed by atoms with E-state index < -0.39 is 0 Å². The van der Waals surface area contributed by atoms with Crippen LogP contribution in [0.3, 0.4) is 0 Å². The van der Waals surface area contributed by atoms with Gasteiger partial charge in [0.25, 0.3) is 5.91 Å². The lowest BCUT2D eigenvalue weighted by Gasteiger charge is -2.06. The number of nitrogens with zero attached hydrogens (tertiary/aromatic N) is 4. The van der Waals surface area contributed by atoms with Crippen LogP contribution in [0.5, 0.6) is 0 Å². The Balaban J connectivity index is 1.78. The number of rotatable bonds is 7. The molecule has 0 saturated heterocycles. The third-order valence-electron chi connectivity index (χ3n) is 2.52. The minimum absolute atomic E-state index is 0.0927. The number of hydrazine groups is 1. The second-order valence-corrected chi connectivity index (χ2v) is 4.19. The van der Waals surface area contributed by atoms with Crippen LogP contribution in [0, 0.1) is 0 Å². The van der Waals surface area contributed by atoms with Crippen LogP contribution in [0.2, 0.25) is 0 Å². The molecule has 0 atom stereocenters. The van der Waals surface area contributed by atoms with E-state index in [0.717, 1.165) is 18.5 Å². The van der Waals surface area contributed by atoms with Crippen LogP contribution < -0.4 is 16.6 Å². The van der Waals surface area contributed by atoms with Crippen molar-refractivity contribution in [3.63, 3.8) is 0 Å². The Morgan fingerprint density at radius 2 is 2.30 bits per heavy atom. The zero-order valence-corrected chi connectivity index (χ0v) is 11.0. The van der Waals surface area contributed by atoms with E-state index >= 15 is 0 Å². The molecular formula is C12H17N7O. The van der Waals surface area contributed by atoms with Gasteiger partial charge in [-0.05, 0) is 31.5 Å². The second kappa shape index (κ2) is 7.19. The Bertz CT molecular complexity index is 540. The first-order chi connectivity index (χ1) is 9.78. The third kappa shape index (κ3) is 4.32. The summed E-state index contributed by atoms with van der Waals surface area (Å²) in [6, 6.07) is 5.37. The van der Waals surface area contributed by atoms with Gasteiger partial charge < -0.3 is 5.73 Å². The lowest BCUT2D eigenvalue weighted by molar-refractivity contribution is -0.121. The highest BCUT2D eigenvalue weighted by Crippen LogP contribution is 1.98. The topological polar surface area (TPSA) is 111 Å². The van der Waals surface area contributed by atoms with Gasteiger partial charge in [0.15, 0.2) is 0 Å². The van der Waals surface area contributed by atoms with Crippen LogP contribution in [-0.4, -0.2) is 32.4 Å². The number of carbonyl (C=O) groups excluding carboxylic acids is 1. The maximum Gasteiger partial charge on any atom is 0.260 e. The maximum atomic E-state index is 11.7. The highest BCUT2D eigenvalue weighted by atomic mass is 16.2. The number of hydrogen-bond donors (Lipinski definition) is 3. The lowest BCUT2D eigenvalue weighted by Crippen LogP contribution is -2.33. The highest BCUT2D eigenvalue weighted by Gasteiger charge is 2.05. The van der Waals surface area contributed by atoms with E-state index in [1.54, 1.807) is 24.5 Å². The fourth-order valence-electron chi connectivity index (χ4n) is 1.57. The van der Waals surface area contributed by atoms with Gasteiger partial charge in [0.05, 0.1) is 5.69 Å². The number of nitrogens with two attached hydrogens (primary N) is 1. The molecule has 8 nitrogen and oxygen atoms in total. The zero-order chi connectivity index (χ0) is 14.2. The van der Waals surface area contributed by atoms with E-state index in [1.165, 1.54) is 4.68 Å². The summed E-state index contributed by atoms with van der Waals surface area (Å²) in [5.74, 6) is 0.342. The number of carbonyl (C=O) groups is 1. The Morgan fingerprint density at radius 1 is 1.40 bits per heavy atom. The molecule has 0 aromatic carbocycles. The van der Waals surface area contributed by atoms with E-state index in [9.17, 15) is 4.79 Å². The molecule has 1 amide bonds. The quantitative estimate of drug-likeness (QED) is 0.599. The number of anilines is 1. The number of aromatic nitrogens is 4. The molecule has 2 rings (SSSR count). The molecule has 106 valence electrons. The van der Waals surface area contributed by atoms with Crippen molar-refractivity contribution in [2.24, 2.45) is 5.73 Å². The molecule has 0 radical (unpaired) electrons. The molecular weight excluding hydrogens is 258 g/mol. The van der Waals surface area contributed by atoms with Crippen LogP contribution in [0.1, 0.15) is 12.1 Å². The van der Waals surface area contributed by atoms with E-state index in [1.807, 2.05) is 6.07 Å². The average Bonchev–Trinajstić information content (AvgIpc) is 2.91. The van der Waals surface area contributed by atoms with Crippen molar-refractivity contribution in [1.82, 2.24) is 25.4 Å². The Kier molecular flexibility index (Phi) is 5.01. The first kappa shape index (κ1) is 13.9. The van der Waals surface area contributed by atoms with Crippen molar-refractivity contribution in [1.29, 1.82) is 0 Å². The molecule has 2 aromatic heterocycles. The fourth-order valence-corrected chi connectivity index (χ4v) is 1.57. The van der Waals surface area contributed by atoms with Crippen LogP contribution >= 0.6 is 0 Å². The highest BCUT2D eigenvalue weighted by molar-refractivity contribution is 5.76. The number of aryl methyl sites for hydroxylation is 1. The summed E-state index contributed by atoms with van der Waals surface area (Å²) < 4.78 is 1.49. The van der Waals surface area contributed by atoms with Crippen LogP contribution in [-0.2, 0) is 17.8 Å². The van der Waals surface area contributed by atoms with Gasteiger partial charge in [-0.2, -0.15) is 0 Å². The minimum atomic E-state index is -0.231. The second-order valence-electron chi connectivity index (χ2n) is 4.19. The summed E-state index contributed by atoms with van der Waals surface area (Å²) in [5, 5.41) is 7.86. The summed E-state index contributed by atoms with van der Waals surface area (Å²) >= 11 is 0. The molecule has 0 bridgehead atoms. The molecule has 0 saturated carbocycles. The lowest BCUT2D eigenvalue weighted by atomic mass is 10.2. The van der Waals surface area contributed by atoms with Crippen molar-refractivity contribution in [2.45, 2.75) is 19.4 Å². The standard InChI is InChI=1S/C12H17N7O/c13-6-3-4-10-8-19(18-15-10)9-12(20)17-16-11-5-1-2-7-14-11/h1-2,5,7-8H,3-4,6,9,13H2,(H,14,16)(H,17,20). The molecule has 0 aliphatic carbocycles. The Labute approximate surface area is 116 Å². The molecule has 0 aliphatic rings. The van der Waals surface area contributed by atoms with Gasteiger partial charge in [-0.1, -0.05) is 11.3 Å². The van der Waals surface area contributed by atoms with Crippen molar-refractivity contribution in [3.05, 3.63) is 36.3 Å². The molecule has 2 heterocycles. The van der Waals surface area contributed by atoms with Crippen molar-refractivity contribution < 1.29 is 4.79 Å². The molecule has 20 heavy (non-hydrogen) atoms. The predicted molar refractivity (Wildman–Crippen MR) is 73.4 cm³/mol. The summed E-state index contributed by atoms with van der Waals surface area (Å²) in [7, 11) is 0. The molecule has 0 spiro atoms. The van der Waals surface area contributed by atoms with Gasteiger partial charge in [-0.3, -0.25) is 15.6 Å². The van der Waals surface area contributed by atoms with Gasteiger partial charge in [0.2, 0.25) is 0 Å². The molecule has 2 aromatic rings. The maximum absolute atomic E-state index is 11.7. The van der Waals surface area contributed by atoms with Crippen molar-refractivity contribution >= 4 is 11.7 Å². The van der Waals surface area contributed by atoms with Crippen molar-refractivity contribution in [2.75, 3.05) is 12.0 Å². The van der Waals surface area contributed by atoms with E-state index in [-0.39, 0.29) is 12.5 Å². The molecule has 4 N–H and O–H groups in total. The van der Waals surface area contributed by atoms with Gasteiger partial charge in [0.1, 0.15) is 12.4 Å². The normalized spacial score (nSPS) is 10.2. The van der Waals surface area contributed by atoms with Gasteiger partial charge in [-0.15, -0.1) is 5.10 Å². The summed E-state index contributed by atoms with van der Waals surface area (Å²) in [5.41, 5.74) is 11.5. The number of hydrogen-bond acceptors (Lipinski definition) is 6. The summed E-state index contributed by atoms with van der Waals surface area (Å²) in [6.45, 7) is 0.705.